The molecule has 0 bridgehead atoms. The number of aromatic nitrogens is 2. The van der Waals surface area contributed by atoms with E-state index in [0.29, 0.717) is 5.92 Å². The molecule has 0 saturated carbocycles. The predicted octanol–water partition coefficient (Wildman–Crippen LogP) is 3.00. The molecule has 0 aliphatic carbocycles. The largest absolute Gasteiger partial charge is 0.331 e. The van der Waals surface area contributed by atoms with E-state index in [4.69, 9.17) is 16.6 Å². The Bertz CT molecular complexity index is 582. The molecule has 1 aromatic carbocycles. The molecule has 0 spiro atoms. The minimum atomic E-state index is 0.556. The minimum absolute atomic E-state index is 0.556. The Morgan fingerprint density at radius 3 is 2.78 bits per heavy atom. The Balaban J connectivity index is 2.13. The van der Waals surface area contributed by atoms with Crippen LogP contribution in [-0.4, -0.2) is 22.6 Å². The summed E-state index contributed by atoms with van der Waals surface area (Å²) in [5, 5.41) is 4.16. The Kier molecular flexibility index (Phi) is 3.04. The molecule has 2 aromatic rings. The Labute approximate surface area is 112 Å². The lowest BCUT2D eigenvalue weighted by atomic mass is 9.97. The molecule has 2 heterocycles. The topological polar surface area (TPSA) is 29.9 Å². The molecule has 1 saturated heterocycles. The number of imidazole rings is 1. The quantitative estimate of drug-likeness (QED) is 0.857. The van der Waals surface area contributed by atoms with Crippen molar-refractivity contribution in [3.05, 3.63) is 28.5 Å². The number of fused-ring (bicyclic) bond motifs is 1. The van der Waals surface area contributed by atoms with Gasteiger partial charge in [0.2, 0.25) is 0 Å². The highest BCUT2D eigenvalue weighted by Gasteiger charge is 2.21. The van der Waals surface area contributed by atoms with E-state index in [1.807, 2.05) is 6.07 Å². The van der Waals surface area contributed by atoms with Crippen LogP contribution in [0.3, 0.4) is 0 Å². The molecule has 96 valence electrons. The summed E-state index contributed by atoms with van der Waals surface area (Å²) in [6.07, 6.45) is 2.32. The second-order valence-corrected chi connectivity index (χ2v) is 5.57. The summed E-state index contributed by atoms with van der Waals surface area (Å²) < 4.78 is 2.21. The fourth-order valence-electron chi connectivity index (χ4n) is 2.84. The van der Waals surface area contributed by atoms with Gasteiger partial charge in [-0.3, -0.25) is 0 Å². The van der Waals surface area contributed by atoms with Gasteiger partial charge in [-0.2, -0.15) is 0 Å². The molecule has 0 amide bonds. The number of nitrogens with zero attached hydrogens (tertiary/aromatic N) is 2. The van der Waals surface area contributed by atoms with E-state index in [9.17, 15) is 0 Å². The summed E-state index contributed by atoms with van der Waals surface area (Å²) in [6.45, 7) is 4.24. The average molecular weight is 264 g/mol. The fraction of sp³-hybridized carbons (Fsp3) is 0.500. The number of rotatable bonds is 1. The average Bonchev–Trinajstić information content (AvgIpc) is 2.69. The maximum absolute atomic E-state index is 6.30. The highest BCUT2D eigenvalue weighted by molar-refractivity contribution is 6.35. The maximum Gasteiger partial charge on any atom is 0.112 e. The van der Waals surface area contributed by atoms with Crippen LogP contribution in [0.2, 0.25) is 5.02 Å². The van der Waals surface area contributed by atoms with E-state index >= 15 is 0 Å². The van der Waals surface area contributed by atoms with Gasteiger partial charge in [-0.25, -0.2) is 4.98 Å². The Morgan fingerprint density at radius 1 is 1.33 bits per heavy atom. The van der Waals surface area contributed by atoms with Gasteiger partial charge in [0.05, 0.1) is 10.5 Å². The maximum atomic E-state index is 6.30. The van der Waals surface area contributed by atoms with E-state index in [-0.39, 0.29) is 0 Å². The molecular formula is C14H18ClN3. The number of hydrogen-bond acceptors (Lipinski definition) is 2. The van der Waals surface area contributed by atoms with Crippen LogP contribution >= 0.6 is 11.6 Å². The molecule has 0 unspecified atom stereocenters. The summed E-state index contributed by atoms with van der Waals surface area (Å²) in [5.74, 6) is 1.74. The number of aryl methyl sites for hydroxylation is 2. The van der Waals surface area contributed by atoms with Crippen LogP contribution in [0.25, 0.3) is 11.0 Å². The third-order valence-electron chi connectivity index (χ3n) is 3.82. The van der Waals surface area contributed by atoms with Gasteiger partial charge in [0.15, 0.2) is 0 Å². The van der Waals surface area contributed by atoms with E-state index in [1.54, 1.807) is 0 Å². The van der Waals surface area contributed by atoms with Crippen molar-refractivity contribution in [2.24, 2.45) is 7.05 Å². The highest BCUT2D eigenvalue weighted by Crippen LogP contribution is 2.31. The molecule has 0 radical (unpaired) electrons. The Hall–Kier alpha value is -1.06. The van der Waals surface area contributed by atoms with Gasteiger partial charge in [-0.1, -0.05) is 11.6 Å². The van der Waals surface area contributed by atoms with Gasteiger partial charge in [0.1, 0.15) is 11.3 Å². The molecule has 0 atom stereocenters. The van der Waals surface area contributed by atoms with Gasteiger partial charge < -0.3 is 9.88 Å². The van der Waals surface area contributed by atoms with E-state index in [1.165, 1.54) is 11.4 Å². The van der Waals surface area contributed by atoms with Crippen molar-refractivity contribution in [2.45, 2.75) is 25.7 Å². The Morgan fingerprint density at radius 2 is 2.06 bits per heavy atom. The summed E-state index contributed by atoms with van der Waals surface area (Å²) in [7, 11) is 2.10. The third kappa shape index (κ3) is 1.91. The number of halogens is 1. The molecular weight excluding hydrogens is 246 g/mol. The molecule has 4 heteroatoms. The summed E-state index contributed by atoms with van der Waals surface area (Å²) in [4.78, 5) is 4.78. The van der Waals surface area contributed by atoms with Crippen LogP contribution in [-0.2, 0) is 7.05 Å². The van der Waals surface area contributed by atoms with Crippen LogP contribution in [0, 0.1) is 6.92 Å². The first kappa shape index (κ1) is 12.0. The first-order valence-electron chi connectivity index (χ1n) is 6.50. The number of nitrogens with one attached hydrogen (secondary N) is 1. The molecule has 1 aliphatic heterocycles. The number of hydrogen-bond donors (Lipinski definition) is 1. The van der Waals surface area contributed by atoms with Crippen molar-refractivity contribution in [3.8, 4) is 0 Å². The zero-order valence-corrected chi connectivity index (χ0v) is 11.6. The van der Waals surface area contributed by atoms with E-state index in [2.05, 4.69) is 29.9 Å². The van der Waals surface area contributed by atoms with Gasteiger partial charge >= 0.3 is 0 Å². The fourth-order valence-corrected chi connectivity index (χ4v) is 3.15. The van der Waals surface area contributed by atoms with Crippen LogP contribution in [0.15, 0.2) is 12.1 Å². The summed E-state index contributed by atoms with van der Waals surface area (Å²) >= 11 is 6.30. The van der Waals surface area contributed by atoms with Gasteiger partial charge in [-0.05, 0) is 50.6 Å². The van der Waals surface area contributed by atoms with Gasteiger partial charge in [-0.15, -0.1) is 0 Å². The molecule has 1 aliphatic rings. The van der Waals surface area contributed by atoms with Crippen LogP contribution < -0.4 is 5.32 Å². The monoisotopic (exact) mass is 263 g/mol. The standard InChI is InChI=1S/C14H18ClN3/c1-9-7-11(15)13-12(8-9)18(2)14(17-13)10-3-5-16-6-4-10/h7-8,10,16H,3-6H2,1-2H3. The lowest BCUT2D eigenvalue weighted by Gasteiger charge is -2.22. The second kappa shape index (κ2) is 4.56. The number of benzene rings is 1. The highest BCUT2D eigenvalue weighted by atomic mass is 35.5. The predicted molar refractivity (Wildman–Crippen MR) is 75.3 cm³/mol. The van der Waals surface area contributed by atoms with Gasteiger partial charge in [0, 0.05) is 13.0 Å². The van der Waals surface area contributed by atoms with E-state index < -0.39 is 0 Å². The summed E-state index contributed by atoms with van der Waals surface area (Å²) in [5.41, 5.74) is 3.28. The van der Waals surface area contributed by atoms with Crippen molar-refractivity contribution in [2.75, 3.05) is 13.1 Å². The van der Waals surface area contributed by atoms with Crippen molar-refractivity contribution >= 4 is 22.6 Å². The summed E-state index contributed by atoms with van der Waals surface area (Å²) in [6, 6.07) is 4.15. The molecule has 3 rings (SSSR count). The molecule has 1 aromatic heterocycles. The second-order valence-electron chi connectivity index (χ2n) is 5.17. The lowest BCUT2D eigenvalue weighted by Crippen LogP contribution is -2.27. The third-order valence-corrected chi connectivity index (χ3v) is 4.11. The molecule has 18 heavy (non-hydrogen) atoms. The van der Waals surface area contributed by atoms with Crippen molar-refractivity contribution in [1.29, 1.82) is 0 Å². The van der Waals surface area contributed by atoms with Crippen molar-refractivity contribution in [3.63, 3.8) is 0 Å². The number of piperidine rings is 1. The van der Waals surface area contributed by atoms with E-state index in [0.717, 1.165) is 42.0 Å². The SMILES string of the molecule is Cc1cc(Cl)c2nc(C3CCNCC3)n(C)c2c1. The minimum Gasteiger partial charge on any atom is -0.331 e. The first-order valence-corrected chi connectivity index (χ1v) is 6.88. The van der Waals surface area contributed by atoms with Crippen LogP contribution in [0.4, 0.5) is 0 Å². The zero-order chi connectivity index (χ0) is 12.7. The van der Waals surface area contributed by atoms with Gasteiger partial charge in [0.25, 0.3) is 0 Å². The van der Waals surface area contributed by atoms with Crippen molar-refractivity contribution < 1.29 is 0 Å². The van der Waals surface area contributed by atoms with Crippen LogP contribution in [0.5, 0.6) is 0 Å². The normalized spacial score (nSPS) is 17.5. The lowest BCUT2D eigenvalue weighted by molar-refractivity contribution is 0.438. The smallest absolute Gasteiger partial charge is 0.112 e. The zero-order valence-electron chi connectivity index (χ0n) is 10.8. The molecule has 1 N–H and O–H groups in total. The van der Waals surface area contributed by atoms with Crippen LogP contribution in [0.1, 0.15) is 30.1 Å². The first-order chi connectivity index (χ1) is 8.66. The molecule has 1 fully saturated rings. The van der Waals surface area contributed by atoms with Crippen molar-refractivity contribution in [1.82, 2.24) is 14.9 Å². The molecule has 3 nitrogen and oxygen atoms in total.